The fourth-order valence-electron chi connectivity index (χ4n) is 4.81. The van der Waals surface area contributed by atoms with Crippen molar-refractivity contribution < 1.29 is 9.53 Å². The molecule has 0 unspecified atom stereocenters. The number of aromatic amines is 1. The van der Waals surface area contributed by atoms with E-state index in [0.29, 0.717) is 19.2 Å². The second-order valence-corrected chi connectivity index (χ2v) is 8.67. The van der Waals surface area contributed by atoms with Gasteiger partial charge in [-0.05, 0) is 25.0 Å². The number of aromatic nitrogens is 6. The van der Waals surface area contributed by atoms with Crippen LogP contribution in [-0.4, -0.2) is 79.9 Å². The fourth-order valence-corrected chi connectivity index (χ4v) is 4.81. The highest BCUT2D eigenvalue weighted by Gasteiger charge is 2.26. The number of carbonyl (C=O) groups excluding carboxylic acids is 1. The Morgan fingerprint density at radius 1 is 1.12 bits per heavy atom. The zero-order chi connectivity index (χ0) is 22.4. The molecule has 1 aromatic carbocycles. The zero-order valence-corrected chi connectivity index (χ0v) is 18.6. The van der Waals surface area contributed by atoms with Crippen molar-refractivity contribution in [1.82, 2.24) is 34.6 Å². The topological polar surface area (TPSA) is 105 Å². The van der Waals surface area contributed by atoms with Gasteiger partial charge in [-0.2, -0.15) is 10.1 Å². The van der Waals surface area contributed by atoms with E-state index in [0.717, 1.165) is 72.3 Å². The third kappa shape index (κ3) is 3.60. The SMILES string of the molecule is CC(=O)N1CCC(n2ncc3c(-c4ccc5nc[nH]c5c4)nc(N4CCOCC4)nc32)CC1. The number of nitrogens with zero attached hydrogens (tertiary/aromatic N) is 7. The molecule has 0 radical (unpaired) electrons. The molecule has 0 spiro atoms. The van der Waals surface area contributed by atoms with E-state index >= 15 is 0 Å². The molecule has 6 rings (SSSR count). The quantitative estimate of drug-likeness (QED) is 0.515. The van der Waals surface area contributed by atoms with Crippen LogP contribution in [0.15, 0.2) is 30.7 Å². The summed E-state index contributed by atoms with van der Waals surface area (Å²) in [4.78, 5) is 33.4. The number of imidazole rings is 1. The molecule has 4 aromatic rings. The average Bonchev–Trinajstić information content (AvgIpc) is 3.50. The van der Waals surface area contributed by atoms with E-state index < -0.39 is 0 Å². The first-order chi connectivity index (χ1) is 16.2. The molecule has 5 heterocycles. The second kappa shape index (κ2) is 8.11. The Morgan fingerprint density at radius 3 is 2.73 bits per heavy atom. The molecule has 2 aliphatic heterocycles. The van der Waals surface area contributed by atoms with Crippen LogP contribution in [0.4, 0.5) is 5.95 Å². The highest BCUT2D eigenvalue weighted by Crippen LogP contribution is 2.33. The van der Waals surface area contributed by atoms with Crippen molar-refractivity contribution in [3.8, 4) is 11.3 Å². The summed E-state index contributed by atoms with van der Waals surface area (Å²) in [5, 5.41) is 5.69. The lowest BCUT2D eigenvalue weighted by molar-refractivity contribution is -0.130. The van der Waals surface area contributed by atoms with Crippen LogP contribution in [0.5, 0.6) is 0 Å². The number of nitrogens with one attached hydrogen (secondary N) is 1. The third-order valence-corrected chi connectivity index (χ3v) is 6.69. The van der Waals surface area contributed by atoms with E-state index in [-0.39, 0.29) is 11.9 Å². The van der Waals surface area contributed by atoms with Crippen molar-refractivity contribution in [2.24, 2.45) is 0 Å². The average molecular weight is 447 g/mol. The standard InChI is InChI=1S/C23H26N8O2/c1-15(32)29-6-4-17(5-7-29)31-22-18(13-26-31)21(16-2-3-19-20(12-16)25-14-24-19)27-23(28-22)30-8-10-33-11-9-30/h2-3,12-14,17H,4-11H2,1H3,(H,24,25). The van der Waals surface area contributed by atoms with Crippen molar-refractivity contribution in [3.05, 3.63) is 30.7 Å². The van der Waals surface area contributed by atoms with E-state index in [9.17, 15) is 4.79 Å². The van der Waals surface area contributed by atoms with E-state index in [1.807, 2.05) is 21.8 Å². The van der Waals surface area contributed by atoms with Crippen molar-refractivity contribution in [1.29, 1.82) is 0 Å². The second-order valence-electron chi connectivity index (χ2n) is 8.67. The molecular formula is C23H26N8O2. The summed E-state index contributed by atoms with van der Waals surface area (Å²) in [6.45, 7) is 5.97. The minimum Gasteiger partial charge on any atom is -0.378 e. The summed E-state index contributed by atoms with van der Waals surface area (Å²) in [7, 11) is 0. The maximum atomic E-state index is 11.8. The molecule has 0 saturated carbocycles. The molecule has 0 aliphatic carbocycles. The number of likely N-dealkylation sites (tertiary alicyclic amines) is 1. The normalized spacial score (nSPS) is 17.8. The number of hydrogen-bond acceptors (Lipinski definition) is 7. The Bertz CT molecular complexity index is 1310. The number of morpholine rings is 1. The van der Waals surface area contributed by atoms with Gasteiger partial charge in [0.25, 0.3) is 0 Å². The van der Waals surface area contributed by atoms with Crippen LogP contribution in [-0.2, 0) is 9.53 Å². The Hall–Kier alpha value is -3.53. The third-order valence-electron chi connectivity index (χ3n) is 6.69. The van der Waals surface area contributed by atoms with Crippen molar-refractivity contribution in [2.45, 2.75) is 25.8 Å². The summed E-state index contributed by atoms with van der Waals surface area (Å²) >= 11 is 0. The molecule has 0 bridgehead atoms. The summed E-state index contributed by atoms with van der Waals surface area (Å²) in [5.41, 5.74) is 4.60. The predicted octanol–water partition coefficient (Wildman–Crippen LogP) is 2.39. The molecule has 10 nitrogen and oxygen atoms in total. The molecule has 33 heavy (non-hydrogen) atoms. The van der Waals surface area contributed by atoms with Crippen LogP contribution in [0.1, 0.15) is 25.8 Å². The van der Waals surface area contributed by atoms with Crippen LogP contribution < -0.4 is 4.90 Å². The number of rotatable bonds is 3. The van der Waals surface area contributed by atoms with Crippen LogP contribution in [0.25, 0.3) is 33.3 Å². The van der Waals surface area contributed by atoms with E-state index in [2.05, 4.69) is 27.0 Å². The molecule has 2 saturated heterocycles. The number of piperidine rings is 1. The van der Waals surface area contributed by atoms with Crippen LogP contribution in [0.3, 0.4) is 0 Å². The van der Waals surface area contributed by atoms with E-state index in [4.69, 9.17) is 19.8 Å². The zero-order valence-electron chi connectivity index (χ0n) is 18.6. The fraction of sp³-hybridized carbons (Fsp3) is 0.435. The highest BCUT2D eigenvalue weighted by atomic mass is 16.5. The predicted molar refractivity (Wildman–Crippen MR) is 124 cm³/mol. The first kappa shape index (κ1) is 20.1. The Kier molecular flexibility index (Phi) is 4.94. The monoisotopic (exact) mass is 446 g/mol. The lowest BCUT2D eigenvalue weighted by atomic mass is 10.0. The lowest BCUT2D eigenvalue weighted by Gasteiger charge is -2.31. The number of anilines is 1. The first-order valence-electron chi connectivity index (χ1n) is 11.4. The van der Waals surface area contributed by atoms with Gasteiger partial charge in [0.1, 0.15) is 0 Å². The molecular weight excluding hydrogens is 420 g/mol. The van der Waals surface area contributed by atoms with Gasteiger partial charge in [0.05, 0.1) is 53.9 Å². The minimum absolute atomic E-state index is 0.132. The Morgan fingerprint density at radius 2 is 1.94 bits per heavy atom. The maximum Gasteiger partial charge on any atom is 0.228 e. The van der Waals surface area contributed by atoms with Gasteiger partial charge in [0.15, 0.2) is 5.65 Å². The van der Waals surface area contributed by atoms with Crippen LogP contribution in [0, 0.1) is 0 Å². The largest absolute Gasteiger partial charge is 0.378 e. The van der Waals surface area contributed by atoms with E-state index in [1.165, 1.54) is 0 Å². The van der Waals surface area contributed by atoms with Gasteiger partial charge in [-0.25, -0.2) is 14.6 Å². The summed E-state index contributed by atoms with van der Waals surface area (Å²) in [5.74, 6) is 0.834. The highest BCUT2D eigenvalue weighted by molar-refractivity contribution is 5.93. The summed E-state index contributed by atoms with van der Waals surface area (Å²) in [6, 6.07) is 6.34. The van der Waals surface area contributed by atoms with Gasteiger partial charge in [0.2, 0.25) is 11.9 Å². The molecule has 1 amide bonds. The number of hydrogen-bond donors (Lipinski definition) is 1. The number of H-pyrrole nitrogens is 1. The van der Waals surface area contributed by atoms with Gasteiger partial charge < -0.3 is 19.5 Å². The van der Waals surface area contributed by atoms with Crippen LogP contribution in [0.2, 0.25) is 0 Å². The van der Waals surface area contributed by atoms with Crippen molar-refractivity contribution in [2.75, 3.05) is 44.3 Å². The molecule has 170 valence electrons. The van der Waals surface area contributed by atoms with Crippen molar-refractivity contribution in [3.63, 3.8) is 0 Å². The van der Waals surface area contributed by atoms with Gasteiger partial charge in [-0.3, -0.25) is 4.79 Å². The number of fused-ring (bicyclic) bond motifs is 2. The molecule has 10 heteroatoms. The number of amides is 1. The van der Waals surface area contributed by atoms with Crippen molar-refractivity contribution >= 4 is 33.9 Å². The summed E-state index contributed by atoms with van der Waals surface area (Å²) in [6.07, 6.45) is 5.31. The smallest absolute Gasteiger partial charge is 0.228 e. The van der Waals surface area contributed by atoms with Gasteiger partial charge in [0, 0.05) is 38.7 Å². The van der Waals surface area contributed by atoms with Crippen LogP contribution >= 0.6 is 0 Å². The Balaban J connectivity index is 1.45. The molecule has 0 atom stereocenters. The Labute approximate surface area is 190 Å². The molecule has 1 N–H and O–H groups in total. The summed E-state index contributed by atoms with van der Waals surface area (Å²) < 4.78 is 7.58. The van der Waals surface area contributed by atoms with E-state index in [1.54, 1.807) is 13.3 Å². The molecule has 2 fully saturated rings. The van der Waals surface area contributed by atoms with Gasteiger partial charge in [-0.1, -0.05) is 6.07 Å². The number of benzene rings is 1. The van der Waals surface area contributed by atoms with Gasteiger partial charge >= 0.3 is 0 Å². The number of carbonyl (C=O) groups is 1. The molecule has 2 aliphatic rings. The lowest BCUT2D eigenvalue weighted by Crippen LogP contribution is -2.38. The van der Waals surface area contributed by atoms with Gasteiger partial charge in [-0.15, -0.1) is 0 Å². The number of ether oxygens (including phenoxy) is 1. The maximum absolute atomic E-state index is 11.8. The minimum atomic E-state index is 0.132. The first-order valence-corrected chi connectivity index (χ1v) is 11.4. The molecule has 3 aromatic heterocycles.